The fourth-order valence-electron chi connectivity index (χ4n) is 3.59. The van der Waals surface area contributed by atoms with Gasteiger partial charge in [0.1, 0.15) is 18.9 Å². The third-order valence-electron chi connectivity index (χ3n) is 5.17. The molecule has 1 aromatic carbocycles. The van der Waals surface area contributed by atoms with Gasteiger partial charge >= 0.3 is 12.0 Å². The minimum absolute atomic E-state index is 0.0247. The van der Waals surface area contributed by atoms with E-state index in [0.717, 1.165) is 12.8 Å². The highest BCUT2D eigenvalue weighted by molar-refractivity contribution is 5.97. The molecule has 9 nitrogen and oxygen atoms in total. The Morgan fingerprint density at radius 1 is 1.29 bits per heavy atom. The van der Waals surface area contributed by atoms with E-state index in [2.05, 4.69) is 15.5 Å². The van der Waals surface area contributed by atoms with Crippen LogP contribution in [0.15, 0.2) is 40.1 Å². The number of cyclic esters (lactones) is 1. The van der Waals surface area contributed by atoms with E-state index in [1.54, 1.807) is 13.2 Å². The van der Waals surface area contributed by atoms with Crippen molar-refractivity contribution < 1.29 is 23.6 Å². The van der Waals surface area contributed by atoms with Crippen LogP contribution in [0.3, 0.4) is 0 Å². The first kappa shape index (κ1) is 16.8. The van der Waals surface area contributed by atoms with Gasteiger partial charge in [-0.05, 0) is 18.9 Å². The summed E-state index contributed by atoms with van der Waals surface area (Å²) in [5.41, 5.74) is 1.60. The number of amides is 2. The number of nitrogens with zero attached hydrogens (tertiary/aromatic N) is 3. The zero-order valence-electron chi connectivity index (χ0n) is 15.2. The summed E-state index contributed by atoms with van der Waals surface area (Å²) in [6, 6.07) is 6.25. The van der Waals surface area contributed by atoms with Gasteiger partial charge in [0, 0.05) is 11.5 Å². The molecule has 2 aromatic rings. The topological polar surface area (TPSA) is 107 Å². The minimum Gasteiger partial charge on any atom is -0.496 e. The van der Waals surface area contributed by atoms with E-state index in [1.807, 2.05) is 18.2 Å². The van der Waals surface area contributed by atoms with E-state index in [-0.39, 0.29) is 19.2 Å². The van der Waals surface area contributed by atoms with Gasteiger partial charge in [-0.3, -0.25) is 4.90 Å². The number of benzene rings is 1. The zero-order chi connectivity index (χ0) is 19.3. The monoisotopic (exact) mass is 382 g/mol. The van der Waals surface area contributed by atoms with Gasteiger partial charge < -0.3 is 19.3 Å². The minimum atomic E-state index is -0.644. The normalized spacial score (nSPS) is 21.5. The summed E-state index contributed by atoms with van der Waals surface area (Å²) in [5, 5.41) is 6.86. The van der Waals surface area contributed by atoms with Gasteiger partial charge in [0.25, 0.3) is 0 Å². The number of rotatable bonds is 5. The number of hydrogen-bond donors (Lipinski definition) is 1. The maximum absolute atomic E-state index is 12.9. The molecule has 144 valence electrons. The maximum Gasteiger partial charge on any atom is 0.338 e. The summed E-state index contributed by atoms with van der Waals surface area (Å²) < 4.78 is 15.9. The highest BCUT2D eigenvalue weighted by Crippen LogP contribution is 2.40. The smallest absolute Gasteiger partial charge is 0.338 e. The number of urea groups is 1. The molecule has 28 heavy (non-hydrogen) atoms. The Balaban J connectivity index is 1.50. The number of ether oxygens (including phenoxy) is 2. The molecule has 9 heteroatoms. The molecule has 1 saturated carbocycles. The summed E-state index contributed by atoms with van der Waals surface area (Å²) in [5.74, 6) is 1.49. The summed E-state index contributed by atoms with van der Waals surface area (Å²) in [6.07, 6.45) is 2.11. The van der Waals surface area contributed by atoms with Crippen LogP contribution in [0.2, 0.25) is 0 Å². The molecule has 1 N–H and O–H groups in total. The van der Waals surface area contributed by atoms with Crippen molar-refractivity contribution >= 4 is 12.0 Å². The van der Waals surface area contributed by atoms with Crippen molar-refractivity contribution in [2.75, 3.05) is 13.7 Å². The lowest BCUT2D eigenvalue weighted by Crippen LogP contribution is -2.47. The van der Waals surface area contributed by atoms with Crippen molar-refractivity contribution in [1.29, 1.82) is 0 Å². The predicted octanol–water partition coefficient (Wildman–Crippen LogP) is 2.03. The van der Waals surface area contributed by atoms with Gasteiger partial charge in [-0.15, -0.1) is 0 Å². The van der Waals surface area contributed by atoms with Crippen molar-refractivity contribution in [3.8, 4) is 5.75 Å². The van der Waals surface area contributed by atoms with Gasteiger partial charge in [-0.2, -0.15) is 4.98 Å². The van der Waals surface area contributed by atoms with E-state index >= 15 is 0 Å². The third kappa shape index (κ3) is 2.70. The van der Waals surface area contributed by atoms with Crippen LogP contribution in [-0.2, 0) is 16.1 Å². The fraction of sp³-hybridized carbons (Fsp3) is 0.368. The number of methoxy groups -OCH3 is 1. The van der Waals surface area contributed by atoms with Crippen LogP contribution in [0.5, 0.6) is 5.75 Å². The first-order valence-electron chi connectivity index (χ1n) is 9.09. The number of carbonyl (C=O) groups is 2. The van der Waals surface area contributed by atoms with Gasteiger partial charge in [0.05, 0.1) is 24.4 Å². The SMILES string of the molecule is COc1ccccc1[C@H]1NC(=O)N(Cc2nc(C3CC3)no2)C2=C1C(=O)OC2. The first-order valence-corrected chi connectivity index (χ1v) is 9.09. The van der Waals surface area contributed by atoms with E-state index in [1.165, 1.54) is 4.90 Å². The molecule has 1 aliphatic carbocycles. The molecule has 0 saturated heterocycles. The molecule has 1 aromatic heterocycles. The van der Waals surface area contributed by atoms with E-state index in [9.17, 15) is 9.59 Å². The van der Waals surface area contributed by atoms with Crippen LogP contribution >= 0.6 is 0 Å². The maximum atomic E-state index is 12.9. The van der Waals surface area contributed by atoms with Crippen LogP contribution in [-0.4, -0.2) is 40.8 Å². The Kier molecular flexibility index (Phi) is 3.81. The molecular weight excluding hydrogens is 364 g/mol. The molecule has 3 aliphatic rings. The largest absolute Gasteiger partial charge is 0.496 e. The van der Waals surface area contributed by atoms with Crippen molar-refractivity contribution in [2.45, 2.75) is 31.3 Å². The molecule has 1 fully saturated rings. The van der Waals surface area contributed by atoms with E-state index in [0.29, 0.717) is 40.2 Å². The van der Waals surface area contributed by atoms with Crippen molar-refractivity contribution in [3.63, 3.8) is 0 Å². The Morgan fingerprint density at radius 2 is 2.11 bits per heavy atom. The van der Waals surface area contributed by atoms with Crippen LogP contribution < -0.4 is 10.1 Å². The second-order valence-corrected chi connectivity index (χ2v) is 6.97. The number of hydrogen-bond acceptors (Lipinski definition) is 7. The molecule has 0 spiro atoms. The lowest BCUT2D eigenvalue weighted by Gasteiger charge is -2.32. The molecule has 1 atom stereocenters. The quantitative estimate of drug-likeness (QED) is 0.789. The molecule has 0 bridgehead atoms. The molecule has 3 heterocycles. The molecule has 2 aliphatic heterocycles. The standard InChI is InChI=1S/C19H18N4O5/c1-26-13-5-3-2-4-11(13)16-15-12(9-27-18(15)24)23(19(25)21-16)8-14-20-17(22-28-14)10-6-7-10/h2-5,10,16H,6-9H2,1H3,(H,21,25)/t16-/m1/s1. The Labute approximate surface area is 160 Å². The van der Waals surface area contributed by atoms with E-state index in [4.69, 9.17) is 14.0 Å². The van der Waals surface area contributed by atoms with Crippen molar-refractivity contribution in [1.82, 2.24) is 20.4 Å². The lowest BCUT2D eigenvalue weighted by atomic mass is 9.95. The van der Waals surface area contributed by atoms with Crippen LogP contribution in [0, 0.1) is 0 Å². The lowest BCUT2D eigenvalue weighted by molar-refractivity contribution is -0.136. The third-order valence-corrected chi connectivity index (χ3v) is 5.17. The van der Waals surface area contributed by atoms with Crippen molar-refractivity contribution in [2.24, 2.45) is 0 Å². The first-order chi connectivity index (χ1) is 13.7. The molecule has 0 radical (unpaired) electrons. The molecule has 5 rings (SSSR count). The Bertz CT molecular complexity index is 994. The van der Waals surface area contributed by atoms with Crippen LogP contribution in [0.4, 0.5) is 4.79 Å². The van der Waals surface area contributed by atoms with Gasteiger partial charge in [-0.25, -0.2) is 9.59 Å². The second kappa shape index (κ2) is 6.36. The molecular formula is C19H18N4O5. The number of carbonyl (C=O) groups excluding carboxylic acids is 2. The number of para-hydroxylation sites is 1. The summed E-state index contributed by atoms with van der Waals surface area (Å²) in [7, 11) is 1.55. The highest BCUT2D eigenvalue weighted by Gasteiger charge is 2.43. The number of esters is 1. The fourth-order valence-corrected chi connectivity index (χ4v) is 3.59. The predicted molar refractivity (Wildman–Crippen MR) is 94.1 cm³/mol. The Morgan fingerprint density at radius 3 is 2.89 bits per heavy atom. The Hall–Kier alpha value is -3.36. The number of nitrogens with one attached hydrogen (secondary N) is 1. The molecule has 2 amide bonds. The van der Waals surface area contributed by atoms with Crippen LogP contribution in [0.25, 0.3) is 0 Å². The summed E-state index contributed by atoms with van der Waals surface area (Å²) in [4.78, 5) is 31.1. The average molecular weight is 382 g/mol. The highest BCUT2D eigenvalue weighted by atomic mass is 16.5. The van der Waals surface area contributed by atoms with Crippen LogP contribution in [0.1, 0.15) is 42.1 Å². The van der Waals surface area contributed by atoms with Crippen molar-refractivity contribution in [3.05, 3.63) is 52.8 Å². The van der Waals surface area contributed by atoms with Gasteiger partial charge in [0.2, 0.25) is 5.89 Å². The summed E-state index contributed by atoms with van der Waals surface area (Å²) in [6.45, 7) is 0.108. The molecule has 0 unspecified atom stereocenters. The summed E-state index contributed by atoms with van der Waals surface area (Å²) >= 11 is 0. The van der Waals surface area contributed by atoms with Gasteiger partial charge in [-0.1, -0.05) is 23.4 Å². The zero-order valence-corrected chi connectivity index (χ0v) is 15.2. The number of aromatic nitrogens is 2. The average Bonchev–Trinajstić information content (AvgIpc) is 3.34. The van der Waals surface area contributed by atoms with Gasteiger partial charge in [0.15, 0.2) is 5.82 Å². The van der Waals surface area contributed by atoms with E-state index < -0.39 is 12.0 Å². The second-order valence-electron chi connectivity index (χ2n) is 6.97.